The third-order valence-electron chi connectivity index (χ3n) is 5.93. The summed E-state index contributed by atoms with van der Waals surface area (Å²) in [5, 5.41) is 7.26. The quantitative estimate of drug-likeness (QED) is 0.664. The SMILES string of the molecule is COc1ccc(CNC(=O)[C@@H]2CCC[C@@H](NCc3cccc(Cl)c3)CN(C)C(=O)C2)cc1. The highest BCUT2D eigenvalue weighted by Crippen LogP contribution is 2.20. The number of benzene rings is 2. The van der Waals surface area contributed by atoms with Gasteiger partial charge in [0.05, 0.1) is 7.11 Å². The number of hydrogen-bond donors (Lipinski definition) is 2. The Labute approximate surface area is 195 Å². The topological polar surface area (TPSA) is 70.7 Å². The normalized spacial score (nSPS) is 19.6. The van der Waals surface area contributed by atoms with Crippen LogP contribution in [0.25, 0.3) is 0 Å². The number of amides is 2. The lowest BCUT2D eigenvalue weighted by molar-refractivity contribution is -0.135. The predicted octanol–water partition coefficient (Wildman–Crippen LogP) is 3.77. The van der Waals surface area contributed by atoms with Crippen molar-refractivity contribution in [3.8, 4) is 5.75 Å². The minimum absolute atomic E-state index is 0.00560. The van der Waals surface area contributed by atoms with Crippen LogP contribution < -0.4 is 15.4 Å². The fraction of sp³-hybridized carbons (Fsp3) is 0.440. The molecule has 1 fully saturated rings. The molecule has 1 saturated heterocycles. The molecule has 1 heterocycles. The molecular weight excluding hydrogens is 426 g/mol. The minimum atomic E-state index is -0.310. The van der Waals surface area contributed by atoms with E-state index in [9.17, 15) is 9.59 Å². The number of likely N-dealkylation sites (N-methyl/N-ethyl adjacent to an activating group) is 1. The maximum atomic E-state index is 12.8. The van der Waals surface area contributed by atoms with Crippen molar-refractivity contribution in [1.82, 2.24) is 15.5 Å². The Morgan fingerprint density at radius 2 is 1.91 bits per heavy atom. The number of carbonyl (C=O) groups is 2. The summed E-state index contributed by atoms with van der Waals surface area (Å²) in [7, 11) is 3.44. The largest absolute Gasteiger partial charge is 0.497 e. The highest BCUT2D eigenvalue weighted by molar-refractivity contribution is 6.30. The maximum Gasteiger partial charge on any atom is 0.223 e. The average molecular weight is 458 g/mol. The molecule has 2 aromatic rings. The second-order valence-corrected chi connectivity index (χ2v) is 8.82. The predicted molar refractivity (Wildman–Crippen MR) is 127 cm³/mol. The summed E-state index contributed by atoms with van der Waals surface area (Å²) in [6.45, 7) is 1.76. The molecule has 0 saturated carbocycles. The smallest absolute Gasteiger partial charge is 0.223 e. The second kappa shape index (κ2) is 11.9. The van der Waals surface area contributed by atoms with E-state index in [1.54, 1.807) is 12.0 Å². The van der Waals surface area contributed by atoms with E-state index in [-0.39, 0.29) is 30.2 Å². The maximum absolute atomic E-state index is 12.8. The van der Waals surface area contributed by atoms with Crippen molar-refractivity contribution in [3.63, 3.8) is 0 Å². The summed E-state index contributed by atoms with van der Waals surface area (Å²) in [6, 6.07) is 15.5. The minimum Gasteiger partial charge on any atom is -0.497 e. The van der Waals surface area contributed by atoms with Gasteiger partial charge in [-0.1, -0.05) is 42.3 Å². The molecule has 0 spiro atoms. The Morgan fingerprint density at radius 1 is 1.12 bits per heavy atom. The van der Waals surface area contributed by atoms with Crippen molar-refractivity contribution < 1.29 is 14.3 Å². The third kappa shape index (κ3) is 7.24. The first-order chi connectivity index (χ1) is 15.4. The van der Waals surface area contributed by atoms with Crippen molar-refractivity contribution in [3.05, 3.63) is 64.7 Å². The van der Waals surface area contributed by atoms with Crippen LogP contribution in [0.3, 0.4) is 0 Å². The van der Waals surface area contributed by atoms with Gasteiger partial charge in [0.2, 0.25) is 11.8 Å². The van der Waals surface area contributed by atoms with Gasteiger partial charge in [-0.15, -0.1) is 0 Å². The molecule has 0 unspecified atom stereocenters. The summed E-state index contributed by atoms with van der Waals surface area (Å²) in [4.78, 5) is 27.3. The van der Waals surface area contributed by atoms with E-state index in [1.165, 1.54) is 0 Å². The fourth-order valence-corrected chi connectivity index (χ4v) is 4.19. The number of nitrogens with zero attached hydrogens (tertiary/aromatic N) is 1. The molecule has 2 amide bonds. The zero-order valence-electron chi connectivity index (χ0n) is 18.8. The van der Waals surface area contributed by atoms with Crippen LogP contribution in [0.15, 0.2) is 48.5 Å². The lowest BCUT2D eigenvalue weighted by atomic mass is 9.96. The molecule has 2 aromatic carbocycles. The lowest BCUT2D eigenvalue weighted by Gasteiger charge is -2.24. The number of ether oxygens (including phenoxy) is 1. The molecule has 7 heteroatoms. The van der Waals surface area contributed by atoms with Crippen LogP contribution in [0, 0.1) is 5.92 Å². The Hall–Kier alpha value is -2.57. The highest BCUT2D eigenvalue weighted by Gasteiger charge is 2.27. The summed E-state index contributed by atoms with van der Waals surface area (Å²) >= 11 is 6.08. The summed E-state index contributed by atoms with van der Waals surface area (Å²) in [6.07, 6.45) is 2.73. The van der Waals surface area contributed by atoms with Crippen molar-refractivity contribution >= 4 is 23.4 Å². The van der Waals surface area contributed by atoms with E-state index >= 15 is 0 Å². The number of hydrogen-bond acceptors (Lipinski definition) is 4. The molecule has 32 heavy (non-hydrogen) atoms. The van der Waals surface area contributed by atoms with Crippen molar-refractivity contribution in [1.29, 1.82) is 0 Å². The van der Waals surface area contributed by atoms with Crippen LogP contribution in [0.4, 0.5) is 0 Å². The number of carbonyl (C=O) groups excluding carboxylic acids is 2. The van der Waals surface area contributed by atoms with Gasteiger partial charge in [-0.25, -0.2) is 0 Å². The monoisotopic (exact) mass is 457 g/mol. The van der Waals surface area contributed by atoms with Crippen LogP contribution in [0.1, 0.15) is 36.8 Å². The first-order valence-corrected chi connectivity index (χ1v) is 11.4. The van der Waals surface area contributed by atoms with Gasteiger partial charge in [0.15, 0.2) is 0 Å². The summed E-state index contributed by atoms with van der Waals surface area (Å²) in [5.74, 6) is 0.414. The van der Waals surface area contributed by atoms with E-state index in [1.807, 2.05) is 55.6 Å². The number of halogens is 1. The fourth-order valence-electron chi connectivity index (χ4n) is 3.98. The Kier molecular flexibility index (Phi) is 8.94. The van der Waals surface area contributed by atoms with Crippen molar-refractivity contribution in [2.75, 3.05) is 20.7 Å². The molecule has 6 nitrogen and oxygen atoms in total. The van der Waals surface area contributed by atoms with E-state index in [0.29, 0.717) is 26.1 Å². The van der Waals surface area contributed by atoms with Gasteiger partial charge >= 0.3 is 0 Å². The zero-order chi connectivity index (χ0) is 22.9. The van der Waals surface area contributed by atoms with Crippen LogP contribution in [-0.4, -0.2) is 43.5 Å². The Morgan fingerprint density at radius 3 is 2.62 bits per heavy atom. The molecular formula is C25H32ClN3O3. The van der Waals surface area contributed by atoms with Gasteiger partial charge in [0.1, 0.15) is 5.75 Å². The Balaban J connectivity index is 1.53. The van der Waals surface area contributed by atoms with Crippen LogP contribution >= 0.6 is 11.6 Å². The van der Waals surface area contributed by atoms with Gasteiger partial charge in [-0.2, -0.15) is 0 Å². The average Bonchev–Trinajstić information content (AvgIpc) is 2.86. The molecule has 0 radical (unpaired) electrons. The number of nitrogens with one attached hydrogen (secondary N) is 2. The molecule has 1 aliphatic heterocycles. The highest BCUT2D eigenvalue weighted by atomic mass is 35.5. The van der Waals surface area contributed by atoms with E-state index in [2.05, 4.69) is 10.6 Å². The lowest BCUT2D eigenvalue weighted by Crippen LogP contribution is -2.41. The van der Waals surface area contributed by atoms with Gasteiger partial charge in [0.25, 0.3) is 0 Å². The second-order valence-electron chi connectivity index (χ2n) is 8.38. The van der Waals surface area contributed by atoms with Crippen LogP contribution in [-0.2, 0) is 22.7 Å². The molecule has 172 valence electrons. The molecule has 2 atom stereocenters. The molecule has 0 bridgehead atoms. The zero-order valence-corrected chi connectivity index (χ0v) is 19.5. The van der Waals surface area contributed by atoms with Crippen LogP contribution in [0.5, 0.6) is 5.75 Å². The van der Waals surface area contributed by atoms with Gasteiger partial charge < -0.3 is 20.3 Å². The number of rotatable bonds is 7. The molecule has 0 aliphatic carbocycles. The van der Waals surface area contributed by atoms with E-state index in [0.717, 1.165) is 34.7 Å². The summed E-state index contributed by atoms with van der Waals surface area (Å²) in [5.41, 5.74) is 2.11. The first kappa shape index (κ1) is 24.1. The number of methoxy groups -OCH3 is 1. The standard InChI is InChI=1S/C25H32ClN3O3/c1-29-17-22(27-16-19-5-3-7-21(26)13-19)8-4-6-20(14-24(29)30)25(31)28-15-18-9-11-23(32-2)12-10-18/h3,5,7,9-13,20,22,27H,4,6,8,14-17H2,1-2H3,(H,28,31)/t20-,22-/m1/s1. The van der Waals surface area contributed by atoms with Gasteiger partial charge in [-0.3, -0.25) is 9.59 Å². The third-order valence-corrected chi connectivity index (χ3v) is 6.16. The van der Waals surface area contributed by atoms with Crippen molar-refractivity contribution in [2.45, 2.75) is 44.8 Å². The Bertz CT molecular complexity index is 904. The summed E-state index contributed by atoms with van der Waals surface area (Å²) < 4.78 is 5.17. The van der Waals surface area contributed by atoms with Gasteiger partial charge in [0, 0.05) is 50.1 Å². The van der Waals surface area contributed by atoms with Crippen molar-refractivity contribution in [2.24, 2.45) is 5.92 Å². The molecule has 3 rings (SSSR count). The molecule has 0 aromatic heterocycles. The van der Waals surface area contributed by atoms with E-state index in [4.69, 9.17) is 16.3 Å². The van der Waals surface area contributed by atoms with Crippen LogP contribution in [0.2, 0.25) is 5.02 Å². The van der Waals surface area contributed by atoms with E-state index < -0.39 is 0 Å². The molecule has 2 N–H and O–H groups in total. The van der Waals surface area contributed by atoms with Gasteiger partial charge in [-0.05, 0) is 48.2 Å². The first-order valence-electron chi connectivity index (χ1n) is 11.1. The molecule has 1 aliphatic rings.